The number of halogens is 9. The fraction of sp³-hybridized carbons (Fsp3) is 0.150. The summed E-state index contributed by atoms with van der Waals surface area (Å²) in [5.41, 5.74) is -11.2. The zero-order valence-corrected chi connectivity index (χ0v) is 15.3. The largest absolute Gasteiger partial charge is 0.417 e. The van der Waals surface area contributed by atoms with E-state index >= 15 is 0 Å². The standard InChI is InChI=1S/C20H6F9N3/c1-9-2-11(7-31)13(3-10(9)6-30)14(8-32)17-15(19(24,25)26)4-12(18(21,22)23)5-16(17)20(27,28)29/h2-5H,1H2/b14-13+. The number of nitriles is 3. The minimum absolute atomic E-state index is 0.107. The molecule has 0 saturated heterocycles. The van der Waals surface area contributed by atoms with Gasteiger partial charge in [0.25, 0.3) is 0 Å². The molecule has 0 bridgehead atoms. The molecule has 0 aromatic heterocycles. The Kier molecular flexibility index (Phi) is 6.02. The average molecular weight is 459 g/mol. The van der Waals surface area contributed by atoms with Crippen molar-refractivity contribution in [3.05, 3.63) is 68.1 Å². The topological polar surface area (TPSA) is 71.4 Å². The molecule has 3 nitrogen and oxygen atoms in total. The first kappa shape index (κ1) is 24.3. The monoisotopic (exact) mass is 459 g/mol. The lowest BCUT2D eigenvalue weighted by Gasteiger charge is -2.21. The Morgan fingerprint density at radius 2 is 1.16 bits per heavy atom. The minimum Gasteiger partial charge on any atom is -0.192 e. The molecule has 0 aliphatic carbocycles. The molecule has 164 valence electrons. The number of benzene rings is 2. The van der Waals surface area contributed by atoms with Gasteiger partial charge in [-0.15, -0.1) is 0 Å². The molecule has 0 aliphatic heterocycles. The van der Waals surface area contributed by atoms with E-state index in [1.807, 2.05) is 0 Å². The van der Waals surface area contributed by atoms with Crippen molar-refractivity contribution in [2.45, 2.75) is 18.5 Å². The summed E-state index contributed by atoms with van der Waals surface area (Å²) in [7, 11) is 0. The second-order valence-corrected chi connectivity index (χ2v) is 6.20. The summed E-state index contributed by atoms with van der Waals surface area (Å²) >= 11 is 0. The van der Waals surface area contributed by atoms with Crippen molar-refractivity contribution in [1.82, 2.24) is 0 Å². The molecule has 0 aliphatic rings. The molecule has 0 atom stereocenters. The van der Waals surface area contributed by atoms with Gasteiger partial charge in [0, 0.05) is 10.8 Å². The molecular weight excluding hydrogens is 453 g/mol. The molecule has 0 spiro atoms. The zero-order valence-electron chi connectivity index (χ0n) is 15.3. The van der Waals surface area contributed by atoms with Crippen LogP contribution in [0.2, 0.25) is 0 Å². The number of alkyl halides is 9. The second-order valence-electron chi connectivity index (χ2n) is 6.20. The molecular formula is C20H6F9N3. The van der Waals surface area contributed by atoms with E-state index in [4.69, 9.17) is 5.26 Å². The lowest BCUT2D eigenvalue weighted by molar-refractivity contribution is -0.148. The molecule has 2 rings (SSSR count). The third-order valence-electron chi connectivity index (χ3n) is 4.19. The van der Waals surface area contributed by atoms with Crippen molar-refractivity contribution >= 4 is 12.2 Å². The molecule has 12 heteroatoms. The highest BCUT2D eigenvalue weighted by Gasteiger charge is 2.45. The van der Waals surface area contributed by atoms with Crippen LogP contribution in [0.4, 0.5) is 39.5 Å². The first-order valence-corrected chi connectivity index (χ1v) is 8.03. The van der Waals surface area contributed by atoms with Crippen molar-refractivity contribution in [2.24, 2.45) is 0 Å². The maximum absolute atomic E-state index is 13.6. The zero-order chi connectivity index (χ0) is 24.6. The van der Waals surface area contributed by atoms with Gasteiger partial charge in [0.15, 0.2) is 0 Å². The molecule has 2 aromatic carbocycles. The smallest absolute Gasteiger partial charge is 0.192 e. The Balaban J connectivity index is 3.31. The van der Waals surface area contributed by atoms with Crippen molar-refractivity contribution in [3.8, 4) is 18.2 Å². The highest BCUT2D eigenvalue weighted by atomic mass is 19.4. The van der Waals surface area contributed by atoms with Gasteiger partial charge in [0.2, 0.25) is 0 Å². The summed E-state index contributed by atoms with van der Waals surface area (Å²) < 4.78 is 121. The highest BCUT2D eigenvalue weighted by molar-refractivity contribution is 5.82. The predicted molar refractivity (Wildman–Crippen MR) is 90.2 cm³/mol. The first-order chi connectivity index (χ1) is 14.6. The molecule has 0 saturated carbocycles. The minimum atomic E-state index is -5.74. The summed E-state index contributed by atoms with van der Waals surface area (Å²) in [5.74, 6) is 0. The highest BCUT2D eigenvalue weighted by Crippen LogP contribution is 2.45. The lowest BCUT2D eigenvalue weighted by atomic mass is 9.89. The van der Waals surface area contributed by atoms with E-state index in [0.717, 1.165) is 12.1 Å². The fourth-order valence-corrected chi connectivity index (χ4v) is 2.82. The maximum Gasteiger partial charge on any atom is 0.417 e. The number of hydrogen-bond donors (Lipinski definition) is 0. The van der Waals surface area contributed by atoms with Crippen molar-refractivity contribution in [3.63, 3.8) is 0 Å². The second kappa shape index (κ2) is 7.93. The van der Waals surface area contributed by atoms with Crippen LogP contribution in [0, 0.1) is 34.0 Å². The summed E-state index contributed by atoms with van der Waals surface area (Å²) in [6.07, 6.45) is -17.0. The van der Waals surface area contributed by atoms with E-state index in [1.54, 1.807) is 6.07 Å². The number of hydrogen-bond acceptors (Lipinski definition) is 3. The average Bonchev–Trinajstić information content (AvgIpc) is 2.66. The number of nitrogens with zero attached hydrogens (tertiary/aromatic N) is 3. The van der Waals surface area contributed by atoms with Crippen LogP contribution in [0.25, 0.3) is 12.2 Å². The Morgan fingerprint density at radius 3 is 1.50 bits per heavy atom. The van der Waals surface area contributed by atoms with Crippen LogP contribution in [-0.4, -0.2) is 0 Å². The third kappa shape index (κ3) is 4.52. The Hall–Kier alpha value is -3.98. The van der Waals surface area contributed by atoms with Crippen molar-refractivity contribution in [2.75, 3.05) is 0 Å². The summed E-state index contributed by atoms with van der Waals surface area (Å²) in [6, 6.07) is 4.57. The Labute approximate surface area is 173 Å². The molecule has 0 fully saturated rings. The van der Waals surface area contributed by atoms with Gasteiger partial charge < -0.3 is 0 Å². The van der Waals surface area contributed by atoms with Crippen LogP contribution >= 0.6 is 0 Å². The van der Waals surface area contributed by atoms with Crippen LogP contribution in [-0.2, 0) is 18.5 Å². The van der Waals surface area contributed by atoms with Crippen molar-refractivity contribution < 1.29 is 39.5 Å². The van der Waals surface area contributed by atoms with Gasteiger partial charge in [0.1, 0.15) is 6.07 Å². The van der Waals surface area contributed by atoms with E-state index < -0.39 is 69.3 Å². The Bertz CT molecular complexity index is 1290. The van der Waals surface area contributed by atoms with Crippen molar-refractivity contribution in [1.29, 1.82) is 15.8 Å². The summed E-state index contributed by atoms with van der Waals surface area (Å²) in [6.45, 7) is 3.40. The molecule has 32 heavy (non-hydrogen) atoms. The van der Waals surface area contributed by atoms with Crippen LogP contribution in [0.5, 0.6) is 0 Å². The van der Waals surface area contributed by atoms with E-state index in [0.29, 0.717) is 6.07 Å². The van der Waals surface area contributed by atoms with Gasteiger partial charge in [0.05, 0.1) is 45.5 Å². The van der Waals surface area contributed by atoms with Crippen LogP contribution in [0.15, 0.2) is 24.3 Å². The van der Waals surface area contributed by atoms with E-state index in [1.165, 1.54) is 6.07 Å². The number of rotatable bonds is 1. The van der Waals surface area contributed by atoms with Crippen LogP contribution < -0.4 is 10.4 Å². The van der Waals surface area contributed by atoms with Gasteiger partial charge >= 0.3 is 18.5 Å². The summed E-state index contributed by atoms with van der Waals surface area (Å²) in [4.78, 5) is 0. The quantitative estimate of drug-likeness (QED) is 0.585. The maximum atomic E-state index is 13.6. The Morgan fingerprint density at radius 1 is 0.688 bits per heavy atom. The van der Waals surface area contributed by atoms with Gasteiger partial charge in [-0.05, 0) is 29.5 Å². The third-order valence-corrected chi connectivity index (χ3v) is 4.19. The summed E-state index contributed by atoms with van der Waals surface area (Å²) in [5, 5.41) is 26.8. The lowest BCUT2D eigenvalue weighted by Crippen LogP contribution is -2.24. The molecule has 0 amide bonds. The molecule has 0 N–H and O–H groups in total. The predicted octanol–water partition coefficient (Wildman–Crippen LogP) is 4.62. The molecule has 0 unspecified atom stereocenters. The van der Waals surface area contributed by atoms with Gasteiger partial charge in [-0.2, -0.15) is 55.3 Å². The SMILES string of the molecule is C=c1cc(C#N)/c(=C(\C#N)c2c(C(F)(F)F)cc(C(F)(F)F)cc2C(F)(F)F)cc1C#N. The van der Waals surface area contributed by atoms with Gasteiger partial charge in [-0.1, -0.05) is 6.58 Å². The van der Waals surface area contributed by atoms with Gasteiger partial charge in [-0.25, -0.2) is 0 Å². The molecule has 0 radical (unpaired) electrons. The van der Waals surface area contributed by atoms with Gasteiger partial charge in [-0.3, -0.25) is 0 Å². The molecule has 0 heterocycles. The van der Waals surface area contributed by atoms with E-state index in [9.17, 15) is 50.0 Å². The van der Waals surface area contributed by atoms with Crippen LogP contribution in [0.1, 0.15) is 33.4 Å². The normalized spacial score (nSPS) is 13.1. The first-order valence-electron chi connectivity index (χ1n) is 8.03. The van der Waals surface area contributed by atoms with Crippen LogP contribution in [0.3, 0.4) is 0 Å². The molecule has 2 aromatic rings. The fourth-order valence-electron chi connectivity index (χ4n) is 2.82. The van der Waals surface area contributed by atoms with E-state index in [2.05, 4.69) is 6.58 Å². The van der Waals surface area contributed by atoms with E-state index in [-0.39, 0.29) is 10.8 Å².